The number of ether oxygens (including phenoxy) is 3. The minimum atomic E-state index is -0.978. The van der Waals surface area contributed by atoms with Gasteiger partial charge < -0.3 is 24.8 Å². The highest BCUT2D eigenvalue weighted by atomic mass is 16.6. The fraction of sp³-hybridized carbons (Fsp3) is 0.273. The maximum absolute atomic E-state index is 12.3. The Morgan fingerprint density at radius 2 is 1.91 bits per heavy atom. The summed E-state index contributed by atoms with van der Waals surface area (Å²) in [5, 5.41) is 17.0. The summed E-state index contributed by atoms with van der Waals surface area (Å²) in [6, 6.07) is 8.73. The second-order valence-electron chi connectivity index (χ2n) is 7.11. The van der Waals surface area contributed by atoms with Crippen molar-refractivity contribution < 1.29 is 28.7 Å². The molecule has 0 spiro atoms. The fourth-order valence-electron chi connectivity index (χ4n) is 3.45. The Balaban J connectivity index is 2.07. The van der Waals surface area contributed by atoms with Crippen molar-refractivity contribution >= 4 is 17.7 Å². The number of amides is 2. The molecule has 10 heteroatoms. The first-order chi connectivity index (χ1) is 15.3. The molecule has 1 aliphatic rings. The van der Waals surface area contributed by atoms with Gasteiger partial charge in [0.15, 0.2) is 5.75 Å². The number of esters is 1. The van der Waals surface area contributed by atoms with Gasteiger partial charge in [-0.05, 0) is 36.6 Å². The highest BCUT2D eigenvalue weighted by molar-refractivity contribution is 5.95. The summed E-state index contributed by atoms with van der Waals surface area (Å²) in [6.07, 6.45) is 0. The zero-order chi connectivity index (χ0) is 23.4. The van der Waals surface area contributed by atoms with Crippen LogP contribution in [0.4, 0.5) is 10.5 Å². The van der Waals surface area contributed by atoms with E-state index in [-0.39, 0.29) is 40.6 Å². The lowest BCUT2D eigenvalue weighted by Crippen LogP contribution is -2.45. The Bertz CT molecular complexity index is 1110. The molecule has 2 aromatic rings. The molecular formula is C22H23N3O7. The highest BCUT2D eigenvalue weighted by Gasteiger charge is 2.34. The number of nitro benzene ring substituents is 1. The number of carbonyl (C=O) groups is 2. The molecule has 0 saturated heterocycles. The predicted molar refractivity (Wildman–Crippen MR) is 114 cm³/mol. The molecule has 1 aliphatic heterocycles. The average Bonchev–Trinajstić information content (AvgIpc) is 2.76. The molecule has 3 rings (SSSR count). The zero-order valence-electron chi connectivity index (χ0n) is 18.1. The maximum Gasteiger partial charge on any atom is 0.337 e. The van der Waals surface area contributed by atoms with Gasteiger partial charge in [-0.1, -0.05) is 24.3 Å². The first-order valence-corrected chi connectivity index (χ1v) is 9.67. The molecule has 32 heavy (non-hydrogen) atoms. The van der Waals surface area contributed by atoms with E-state index in [0.29, 0.717) is 0 Å². The maximum atomic E-state index is 12.3. The molecule has 1 heterocycles. The van der Waals surface area contributed by atoms with Gasteiger partial charge in [-0.25, -0.2) is 9.59 Å². The molecule has 0 aliphatic carbocycles. The summed E-state index contributed by atoms with van der Waals surface area (Å²) in [5.74, 6) is -0.635. The Kier molecular flexibility index (Phi) is 6.62. The van der Waals surface area contributed by atoms with E-state index in [1.807, 2.05) is 31.2 Å². The number of methoxy groups -OCH3 is 2. The number of allylic oxidation sites excluding steroid dienone is 1. The number of nitrogens with one attached hydrogen (secondary N) is 2. The number of nitro groups is 1. The van der Waals surface area contributed by atoms with E-state index in [9.17, 15) is 19.7 Å². The number of benzene rings is 2. The first-order valence-electron chi connectivity index (χ1n) is 9.67. The van der Waals surface area contributed by atoms with Gasteiger partial charge in [-0.3, -0.25) is 10.1 Å². The van der Waals surface area contributed by atoms with Crippen molar-refractivity contribution in [3.05, 3.63) is 74.5 Å². The molecule has 0 bridgehead atoms. The standard InChI is InChI=1S/C22H23N3O7/c1-12-7-5-6-8-14(12)11-32-20-16(25(28)29)9-15(10-17(20)30-3)19-18(21(26)31-4)13(2)23-22(27)24-19/h5-10,19H,11H2,1-4H3,(H2,23,24,27). The lowest BCUT2D eigenvalue weighted by molar-refractivity contribution is -0.386. The third-order valence-corrected chi connectivity index (χ3v) is 5.12. The van der Waals surface area contributed by atoms with Gasteiger partial charge in [0.25, 0.3) is 0 Å². The van der Waals surface area contributed by atoms with Gasteiger partial charge in [0, 0.05) is 11.8 Å². The van der Waals surface area contributed by atoms with Gasteiger partial charge in [-0.15, -0.1) is 0 Å². The molecule has 1 atom stereocenters. The topological polar surface area (TPSA) is 129 Å². The summed E-state index contributed by atoms with van der Waals surface area (Å²) < 4.78 is 16.0. The quantitative estimate of drug-likeness (QED) is 0.383. The number of urea groups is 1. The number of carbonyl (C=O) groups excluding carboxylic acids is 2. The van der Waals surface area contributed by atoms with Crippen molar-refractivity contribution in [2.75, 3.05) is 14.2 Å². The lowest BCUT2D eigenvalue weighted by atomic mass is 9.94. The molecule has 0 radical (unpaired) electrons. The van der Waals surface area contributed by atoms with Crippen molar-refractivity contribution in [2.45, 2.75) is 26.5 Å². The van der Waals surface area contributed by atoms with Crippen LogP contribution in [0, 0.1) is 17.0 Å². The Morgan fingerprint density at radius 1 is 1.19 bits per heavy atom. The van der Waals surface area contributed by atoms with Crippen molar-refractivity contribution in [1.29, 1.82) is 0 Å². The zero-order valence-corrected chi connectivity index (χ0v) is 18.1. The van der Waals surface area contributed by atoms with E-state index in [4.69, 9.17) is 14.2 Å². The minimum Gasteiger partial charge on any atom is -0.493 e. The lowest BCUT2D eigenvalue weighted by Gasteiger charge is -2.28. The number of aryl methyl sites for hydroxylation is 1. The summed E-state index contributed by atoms with van der Waals surface area (Å²) in [4.78, 5) is 35.7. The van der Waals surface area contributed by atoms with Crippen molar-refractivity contribution in [2.24, 2.45) is 0 Å². The second-order valence-corrected chi connectivity index (χ2v) is 7.11. The van der Waals surface area contributed by atoms with E-state index >= 15 is 0 Å². The molecule has 1 unspecified atom stereocenters. The van der Waals surface area contributed by atoms with Crippen LogP contribution in [0.3, 0.4) is 0 Å². The molecule has 168 valence electrons. The summed E-state index contributed by atoms with van der Waals surface area (Å²) in [6.45, 7) is 3.55. The Morgan fingerprint density at radius 3 is 2.53 bits per heavy atom. The van der Waals surface area contributed by atoms with Crippen molar-refractivity contribution in [1.82, 2.24) is 10.6 Å². The van der Waals surface area contributed by atoms with Crippen LogP contribution in [0.2, 0.25) is 0 Å². The third-order valence-electron chi connectivity index (χ3n) is 5.12. The van der Waals surface area contributed by atoms with Gasteiger partial charge in [0.2, 0.25) is 5.75 Å². The van der Waals surface area contributed by atoms with Crippen LogP contribution in [0.1, 0.15) is 29.7 Å². The van der Waals surface area contributed by atoms with Crippen LogP contribution in [0.25, 0.3) is 0 Å². The Hall–Kier alpha value is -4.08. The van der Waals surface area contributed by atoms with Gasteiger partial charge in [0.1, 0.15) is 6.61 Å². The fourth-order valence-corrected chi connectivity index (χ4v) is 3.45. The monoisotopic (exact) mass is 441 g/mol. The average molecular weight is 441 g/mol. The highest BCUT2D eigenvalue weighted by Crippen LogP contribution is 2.42. The van der Waals surface area contributed by atoms with Gasteiger partial charge in [0.05, 0.1) is 30.8 Å². The van der Waals surface area contributed by atoms with E-state index < -0.39 is 23.0 Å². The SMILES string of the molecule is COC(=O)C1=C(C)NC(=O)NC1c1cc(OC)c(OCc2ccccc2C)c([N+](=O)[O-])c1. The molecule has 2 aromatic carbocycles. The van der Waals surface area contributed by atoms with E-state index in [0.717, 1.165) is 11.1 Å². The number of hydrogen-bond acceptors (Lipinski definition) is 7. The van der Waals surface area contributed by atoms with E-state index in [2.05, 4.69) is 10.6 Å². The van der Waals surface area contributed by atoms with Gasteiger partial charge in [-0.2, -0.15) is 0 Å². The molecule has 2 amide bonds. The summed E-state index contributed by atoms with van der Waals surface area (Å²) in [5.41, 5.74) is 2.16. The molecule has 0 aromatic heterocycles. The molecule has 0 fully saturated rings. The number of nitrogens with zero attached hydrogens (tertiary/aromatic N) is 1. The van der Waals surface area contributed by atoms with Gasteiger partial charge >= 0.3 is 17.7 Å². The number of rotatable bonds is 7. The molecule has 0 saturated carbocycles. The van der Waals surface area contributed by atoms with Crippen LogP contribution < -0.4 is 20.1 Å². The van der Waals surface area contributed by atoms with Crippen molar-refractivity contribution in [3.8, 4) is 11.5 Å². The van der Waals surface area contributed by atoms with E-state index in [1.54, 1.807) is 6.92 Å². The van der Waals surface area contributed by atoms with E-state index in [1.165, 1.54) is 26.4 Å². The summed E-state index contributed by atoms with van der Waals surface area (Å²) in [7, 11) is 2.56. The van der Waals surface area contributed by atoms with Crippen LogP contribution in [-0.4, -0.2) is 31.1 Å². The van der Waals surface area contributed by atoms with Crippen LogP contribution in [-0.2, 0) is 16.1 Å². The minimum absolute atomic E-state index is 0.0508. The third kappa shape index (κ3) is 4.48. The van der Waals surface area contributed by atoms with Crippen molar-refractivity contribution in [3.63, 3.8) is 0 Å². The molecule has 2 N–H and O–H groups in total. The predicted octanol–water partition coefficient (Wildman–Crippen LogP) is 3.29. The molecular weight excluding hydrogens is 418 g/mol. The Labute approximate surface area is 184 Å². The largest absolute Gasteiger partial charge is 0.493 e. The first kappa shape index (κ1) is 22.6. The normalized spacial score (nSPS) is 15.5. The summed E-state index contributed by atoms with van der Waals surface area (Å²) >= 11 is 0. The smallest absolute Gasteiger partial charge is 0.337 e. The number of hydrogen-bond donors (Lipinski definition) is 2. The van der Waals surface area contributed by atoms with Crippen LogP contribution in [0.5, 0.6) is 11.5 Å². The van der Waals surface area contributed by atoms with Crippen LogP contribution >= 0.6 is 0 Å². The second kappa shape index (κ2) is 9.38. The van der Waals surface area contributed by atoms with Crippen LogP contribution in [0.15, 0.2) is 47.7 Å². The molecule has 10 nitrogen and oxygen atoms in total.